The van der Waals surface area contributed by atoms with Crippen LogP contribution in [0.2, 0.25) is 0 Å². The first-order valence-electron chi connectivity index (χ1n) is 8.71. The third kappa shape index (κ3) is 1.73. The number of carbonyl (C=O) groups excluding carboxylic acids is 3. The van der Waals surface area contributed by atoms with Crippen molar-refractivity contribution < 1.29 is 19.1 Å². The number of nitriles is 1. The average Bonchev–Trinajstić information content (AvgIpc) is 3.15. The summed E-state index contributed by atoms with van der Waals surface area (Å²) in [5.74, 6) is -2.48. The number of imide groups is 1. The topological polar surface area (TPSA) is 100 Å². The Labute approximate surface area is 154 Å². The first kappa shape index (κ1) is 16.1. The van der Waals surface area contributed by atoms with E-state index in [0.29, 0.717) is 16.5 Å². The van der Waals surface area contributed by atoms with Gasteiger partial charge in [0.2, 0.25) is 11.8 Å². The summed E-state index contributed by atoms with van der Waals surface area (Å²) < 4.78 is 5.90. The Kier molecular flexibility index (Phi) is 2.85. The zero-order valence-corrected chi connectivity index (χ0v) is 14.7. The van der Waals surface area contributed by atoms with Gasteiger partial charge < -0.3 is 4.74 Å². The zero-order chi connectivity index (χ0) is 19.1. The average molecular weight is 361 g/mol. The van der Waals surface area contributed by atoms with Gasteiger partial charge in [-0.25, -0.2) is 9.88 Å². The molecule has 7 heteroatoms. The number of nitrogens with zero attached hydrogens (tertiary/aromatic N) is 3. The highest BCUT2D eigenvalue weighted by atomic mass is 16.5. The molecule has 1 aromatic carbocycles. The van der Waals surface area contributed by atoms with E-state index < -0.39 is 28.9 Å². The summed E-state index contributed by atoms with van der Waals surface area (Å²) in [6.07, 6.45) is 1.51. The minimum Gasteiger partial charge on any atom is -0.359 e. The highest BCUT2D eigenvalue weighted by Gasteiger charge is 2.76. The molecule has 3 aliphatic heterocycles. The van der Waals surface area contributed by atoms with E-state index in [2.05, 4.69) is 4.98 Å². The number of Topliss-reactive ketones (excluding diaryl/α,β-unsaturated/α-hetero) is 1. The monoisotopic (exact) mass is 361 g/mol. The maximum Gasteiger partial charge on any atom is 0.241 e. The maximum absolute atomic E-state index is 13.3. The largest absolute Gasteiger partial charge is 0.359 e. The molecule has 7 nitrogen and oxygen atoms in total. The van der Waals surface area contributed by atoms with Crippen molar-refractivity contribution in [2.75, 3.05) is 4.90 Å². The molecule has 3 aliphatic rings. The number of ketones is 1. The molecule has 3 fully saturated rings. The summed E-state index contributed by atoms with van der Waals surface area (Å²) >= 11 is 0. The quantitative estimate of drug-likeness (QED) is 0.717. The summed E-state index contributed by atoms with van der Waals surface area (Å²) in [7, 11) is 0. The number of hydrogen-bond acceptors (Lipinski definition) is 6. The van der Waals surface area contributed by atoms with Gasteiger partial charge in [0, 0.05) is 17.2 Å². The van der Waals surface area contributed by atoms with Crippen molar-refractivity contribution in [3.63, 3.8) is 0 Å². The number of rotatable bonds is 1. The minimum absolute atomic E-state index is 0.129. The molecular weight excluding hydrogens is 346 g/mol. The van der Waals surface area contributed by atoms with Crippen LogP contribution >= 0.6 is 0 Å². The van der Waals surface area contributed by atoms with Gasteiger partial charge in [0.05, 0.1) is 29.3 Å². The van der Waals surface area contributed by atoms with Gasteiger partial charge in [-0.05, 0) is 13.8 Å². The maximum atomic E-state index is 13.3. The predicted molar refractivity (Wildman–Crippen MR) is 93.5 cm³/mol. The Morgan fingerprint density at radius 2 is 1.81 bits per heavy atom. The molecule has 4 atom stereocenters. The minimum atomic E-state index is -1.27. The van der Waals surface area contributed by atoms with Crippen LogP contribution in [0.5, 0.6) is 0 Å². The van der Waals surface area contributed by atoms with Crippen LogP contribution in [0, 0.1) is 23.2 Å². The molecule has 2 bridgehead atoms. The number of carbonyl (C=O) groups is 3. The number of ether oxygens (including phenoxy) is 1. The van der Waals surface area contributed by atoms with E-state index in [1.165, 1.54) is 6.20 Å². The molecule has 0 aliphatic carbocycles. The molecule has 3 saturated heterocycles. The van der Waals surface area contributed by atoms with E-state index in [1.54, 1.807) is 38.1 Å². The fourth-order valence-electron chi connectivity index (χ4n) is 5.00. The number of benzene rings is 1. The highest BCUT2D eigenvalue weighted by molar-refractivity contribution is 6.27. The highest BCUT2D eigenvalue weighted by Crippen LogP contribution is 2.59. The van der Waals surface area contributed by atoms with Crippen LogP contribution in [0.3, 0.4) is 0 Å². The molecule has 1 aromatic heterocycles. The first-order chi connectivity index (χ1) is 12.8. The molecule has 2 amide bonds. The van der Waals surface area contributed by atoms with E-state index in [0.717, 1.165) is 4.90 Å². The smallest absolute Gasteiger partial charge is 0.241 e. The van der Waals surface area contributed by atoms with Crippen molar-refractivity contribution in [1.82, 2.24) is 4.98 Å². The van der Waals surface area contributed by atoms with E-state index in [9.17, 15) is 19.6 Å². The molecule has 0 spiro atoms. The molecule has 2 aromatic rings. The molecular formula is C20H15N3O4. The zero-order valence-electron chi connectivity index (χ0n) is 14.7. The molecule has 27 heavy (non-hydrogen) atoms. The van der Waals surface area contributed by atoms with Crippen molar-refractivity contribution >= 4 is 34.1 Å². The lowest BCUT2D eigenvalue weighted by molar-refractivity contribution is -0.139. The van der Waals surface area contributed by atoms with Gasteiger partial charge in [0.15, 0.2) is 5.78 Å². The number of aromatic nitrogens is 1. The molecule has 0 saturated carbocycles. The van der Waals surface area contributed by atoms with Crippen LogP contribution < -0.4 is 4.90 Å². The van der Waals surface area contributed by atoms with Crippen molar-refractivity contribution in [3.8, 4) is 6.07 Å². The second-order valence-electron chi connectivity index (χ2n) is 7.74. The second-order valence-corrected chi connectivity index (χ2v) is 7.74. The first-order valence-corrected chi connectivity index (χ1v) is 8.71. The molecule has 0 radical (unpaired) electrons. The molecule has 134 valence electrons. The van der Waals surface area contributed by atoms with E-state index in [4.69, 9.17) is 4.74 Å². The van der Waals surface area contributed by atoms with Crippen LogP contribution in [0.25, 0.3) is 10.8 Å². The SMILES string of the molecule is C[C@@]12CC(=O)[C@@](C)(O1)[C@H]1C(=O)N(c3cnc(C#N)c4ccccc34)C(=O)[C@H]12. The van der Waals surface area contributed by atoms with E-state index in [1.807, 2.05) is 6.07 Å². The van der Waals surface area contributed by atoms with Crippen molar-refractivity contribution in [2.24, 2.45) is 11.8 Å². The fraction of sp³-hybridized carbons (Fsp3) is 0.350. The van der Waals surface area contributed by atoms with Crippen molar-refractivity contribution in [1.29, 1.82) is 5.26 Å². The molecule has 0 unspecified atom stereocenters. The Hall–Kier alpha value is -3.11. The lowest BCUT2D eigenvalue weighted by Gasteiger charge is -2.26. The van der Waals surface area contributed by atoms with Crippen LogP contribution in [-0.2, 0) is 19.1 Å². The van der Waals surface area contributed by atoms with Gasteiger partial charge in [0.25, 0.3) is 0 Å². The number of amides is 2. The normalized spacial score (nSPS) is 34.4. The van der Waals surface area contributed by atoms with Crippen LogP contribution in [0.1, 0.15) is 26.0 Å². The van der Waals surface area contributed by atoms with Gasteiger partial charge in [0.1, 0.15) is 17.4 Å². The number of pyridine rings is 1. The van der Waals surface area contributed by atoms with E-state index >= 15 is 0 Å². The van der Waals surface area contributed by atoms with Crippen LogP contribution in [0.15, 0.2) is 30.5 Å². The van der Waals surface area contributed by atoms with Gasteiger partial charge in [-0.15, -0.1) is 0 Å². The van der Waals surface area contributed by atoms with Crippen molar-refractivity contribution in [2.45, 2.75) is 31.5 Å². The fourth-order valence-corrected chi connectivity index (χ4v) is 5.00. The number of fused-ring (bicyclic) bond motifs is 6. The van der Waals surface area contributed by atoms with Gasteiger partial charge >= 0.3 is 0 Å². The molecule has 5 rings (SSSR count). The van der Waals surface area contributed by atoms with Gasteiger partial charge in [-0.2, -0.15) is 5.26 Å². The Bertz CT molecular complexity index is 1120. The lowest BCUT2D eigenvalue weighted by atomic mass is 9.68. The summed E-state index contributed by atoms with van der Waals surface area (Å²) in [4.78, 5) is 44.2. The number of anilines is 1. The van der Waals surface area contributed by atoms with Crippen LogP contribution in [-0.4, -0.2) is 33.8 Å². The third-order valence-electron chi connectivity index (χ3n) is 6.19. The second kappa shape index (κ2) is 4.78. The van der Waals surface area contributed by atoms with Crippen molar-refractivity contribution in [3.05, 3.63) is 36.2 Å². The summed E-state index contributed by atoms with van der Waals surface area (Å²) in [6.45, 7) is 3.33. The van der Waals surface area contributed by atoms with Gasteiger partial charge in [-0.1, -0.05) is 24.3 Å². The summed E-state index contributed by atoms with van der Waals surface area (Å²) in [5, 5.41) is 10.5. The summed E-state index contributed by atoms with van der Waals surface area (Å²) in [6, 6.07) is 9.06. The van der Waals surface area contributed by atoms with Crippen LogP contribution in [0.4, 0.5) is 5.69 Å². The standard InChI is InChI=1S/C20H15N3O4/c1-19-7-14(24)20(2,27-19)16-15(19)17(25)23(18(16)26)13-9-22-12(8-21)10-5-3-4-6-11(10)13/h3-6,9,15-16H,7H2,1-2H3/t15-,16+,19-,20+/m0/s1. The Morgan fingerprint density at radius 3 is 2.52 bits per heavy atom. The third-order valence-corrected chi connectivity index (χ3v) is 6.19. The predicted octanol–water partition coefficient (Wildman–Crippen LogP) is 1.73. The lowest BCUT2D eigenvalue weighted by Crippen LogP contribution is -2.46. The Morgan fingerprint density at radius 1 is 1.15 bits per heavy atom. The molecule has 0 N–H and O–H groups in total. The van der Waals surface area contributed by atoms with E-state index in [-0.39, 0.29) is 23.8 Å². The number of hydrogen-bond donors (Lipinski definition) is 0. The summed E-state index contributed by atoms with van der Waals surface area (Å²) in [5.41, 5.74) is -1.66. The molecule has 4 heterocycles. The Balaban J connectivity index is 1.71. The van der Waals surface area contributed by atoms with Gasteiger partial charge in [-0.3, -0.25) is 14.4 Å².